The zero-order valence-corrected chi connectivity index (χ0v) is 8.52. The second-order valence-electron chi connectivity index (χ2n) is 2.02. The average Bonchev–Trinajstić information content (AvgIpc) is 2.15. The monoisotopic (exact) mass is 230 g/mol. The highest BCUT2D eigenvalue weighted by Gasteiger charge is 1.93. The van der Waals surface area contributed by atoms with Gasteiger partial charge >= 0.3 is 5.97 Å². The molecule has 15 heavy (non-hydrogen) atoms. The number of nitrogen functional groups attached to an aromatic ring is 3. The highest BCUT2D eigenvalue weighted by molar-refractivity contribution is 7.75. The Morgan fingerprint density at radius 3 is 1.67 bits per heavy atom. The van der Waals surface area contributed by atoms with Crippen molar-refractivity contribution in [3.05, 3.63) is 12.7 Å². The lowest BCUT2D eigenvalue weighted by atomic mass is 10.7. The standard InChI is InChI=1S/C3H6N6.C3H4O2S/c4-1-7-2(5)9-3(6)8-1;1-2-3(4)5-6/h(H6,4,5,6,7,8,9);2,6H,1H2. The minimum Gasteiger partial charge on any atom is -0.391 e. The summed E-state index contributed by atoms with van der Waals surface area (Å²) in [4.78, 5) is 20.2. The second-order valence-corrected chi connectivity index (χ2v) is 2.21. The molecule has 1 rings (SSSR count). The summed E-state index contributed by atoms with van der Waals surface area (Å²) in [7, 11) is 0. The SMILES string of the molecule is C=CC(=O)OS.Nc1nc(N)nc(N)n1. The molecule has 6 N–H and O–H groups in total. The van der Waals surface area contributed by atoms with Crippen molar-refractivity contribution in [1.82, 2.24) is 15.0 Å². The summed E-state index contributed by atoms with van der Waals surface area (Å²) in [5, 5.41) is 0. The van der Waals surface area contributed by atoms with E-state index < -0.39 is 5.97 Å². The average molecular weight is 230 g/mol. The van der Waals surface area contributed by atoms with E-state index in [0.29, 0.717) is 0 Å². The Kier molecular flexibility index (Phi) is 5.56. The van der Waals surface area contributed by atoms with Crippen molar-refractivity contribution in [3.8, 4) is 0 Å². The lowest BCUT2D eigenvalue weighted by Crippen LogP contribution is -2.05. The molecule has 0 saturated heterocycles. The largest absolute Gasteiger partial charge is 0.391 e. The molecule has 1 heterocycles. The minimum atomic E-state index is -0.529. The van der Waals surface area contributed by atoms with E-state index in [4.69, 9.17) is 17.2 Å². The maximum absolute atomic E-state index is 9.76. The number of thiol groups is 1. The van der Waals surface area contributed by atoms with Crippen LogP contribution < -0.4 is 17.2 Å². The van der Waals surface area contributed by atoms with Crippen molar-refractivity contribution in [2.24, 2.45) is 0 Å². The molecule has 0 amide bonds. The Hall–Kier alpha value is -2.03. The van der Waals surface area contributed by atoms with Crippen molar-refractivity contribution in [2.45, 2.75) is 0 Å². The van der Waals surface area contributed by atoms with E-state index in [0.717, 1.165) is 6.08 Å². The van der Waals surface area contributed by atoms with E-state index in [1.165, 1.54) is 0 Å². The number of hydrogen-bond donors (Lipinski definition) is 4. The molecule has 1 aromatic heterocycles. The quantitative estimate of drug-likeness (QED) is 0.278. The van der Waals surface area contributed by atoms with E-state index >= 15 is 0 Å². The van der Waals surface area contributed by atoms with Crippen LogP contribution in [0.5, 0.6) is 0 Å². The highest BCUT2D eigenvalue weighted by atomic mass is 32.1. The normalized spacial score (nSPS) is 8.33. The van der Waals surface area contributed by atoms with Gasteiger partial charge in [-0.25, -0.2) is 4.79 Å². The first-order valence-corrected chi connectivity index (χ1v) is 3.86. The first kappa shape index (κ1) is 13.0. The third-order valence-electron chi connectivity index (χ3n) is 0.944. The third kappa shape index (κ3) is 6.10. The molecule has 0 aromatic carbocycles. The van der Waals surface area contributed by atoms with Crippen molar-refractivity contribution >= 4 is 36.7 Å². The molecule has 1 aromatic rings. The molecule has 0 aliphatic carbocycles. The van der Waals surface area contributed by atoms with Crippen LogP contribution in [-0.2, 0) is 8.98 Å². The number of aromatic nitrogens is 3. The number of anilines is 3. The van der Waals surface area contributed by atoms with Gasteiger partial charge in [0.15, 0.2) is 0 Å². The van der Waals surface area contributed by atoms with Gasteiger partial charge in [-0.15, -0.1) is 0 Å². The Morgan fingerprint density at radius 1 is 1.20 bits per heavy atom. The van der Waals surface area contributed by atoms with Gasteiger partial charge in [-0.2, -0.15) is 15.0 Å². The summed E-state index contributed by atoms with van der Waals surface area (Å²) < 4.78 is 3.84. The number of nitrogens with zero attached hydrogens (tertiary/aromatic N) is 3. The lowest BCUT2D eigenvalue weighted by Gasteiger charge is -1.93. The topological polar surface area (TPSA) is 143 Å². The number of nitrogens with two attached hydrogens (primary N) is 3. The van der Waals surface area contributed by atoms with E-state index in [9.17, 15) is 4.79 Å². The number of carbonyl (C=O) groups is 1. The number of rotatable bonds is 1. The summed E-state index contributed by atoms with van der Waals surface area (Å²) in [6, 6.07) is 0. The fourth-order valence-corrected chi connectivity index (χ4v) is 0.539. The molecule has 0 fully saturated rings. The summed E-state index contributed by atoms with van der Waals surface area (Å²) in [6.07, 6.45) is 1.03. The molecule has 0 atom stereocenters. The van der Waals surface area contributed by atoms with Gasteiger partial charge in [-0.1, -0.05) is 6.58 Å². The first-order valence-electron chi connectivity index (χ1n) is 3.50. The zero-order valence-electron chi connectivity index (χ0n) is 7.62. The highest BCUT2D eigenvalue weighted by Crippen LogP contribution is 1.97. The predicted molar refractivity (Wildman–Crippen MR) is 58.3 cm³/mol. The maximum atomic E-state index is 9.76. The van der Waals surface area contributed by atoms with Gasteiger partial charge in [0.1, 0.15) is 0 Å². The van der Waals surface area contributed by atoms with Crippen molar-refractivity contribution in [3.63, 3.8) is 0 Å². The van der Waals surface area contributed by atoms with Crippen LogP contribution in [0.1, 0.15) is 0 Å². The molecule has 8 nitrogen and oxygen atoms in total. The molecule has 0 spiro atoms. The van der Waals surface area contributed by atoms with E-state index in [1.807, 2.05) is 0 Å². The van der Waals surface area contributed by atoms with Gasteiger partial charge in [0, 0.05) is 19.0 Å². The fraction of sp³-hybridized carbons (Fsp3) is 0. The summed E-state index contributed by atoms with van der Waals surface area (Å²) in [5.41, 5.74) is 15.4. The molecular formula is C6H10N6O2S. The van der Waals surface area contributed by atoms with Crippen LogP contribution in [0.3, 0.4) is 0 Å². The van der Waals surface area contributed by atoms with Crippen LogP contribution in [0.15, 0.2) is 12.7 Å². The minimum absolute atomic E-state index is 0.0417. The predicted octanol–water partition coefficient (Wildman–Crippen LogP) is -0.821. The van der Waals surface area contributed by atoms with Gasteiger partial charge in [0.2, 0.25) is 17.8 Å². The van der Waals surface area contributed by atoms with Crippen molar-refractivity contribution in [1.29, 1.82) is 0 Å². The Bertz CT molecular complexity index is 307. The molecule has 0 unspecified atom stereocenters. The molecule has 82 valence electrons. The van der Waals surface area contributed by atoms with Crippen LogP contribution in [-0.4, -0.2) is 20.9 Å². The maximum Gasteiger partial charge on any atom is 0.341 e. The molecular weight excluding hydrogens is 220 g/mol. The zero-order chi connectivity index (χ0) is 11.8. The van der Waals surface area contributed by atoms with E-state index in [2.05, 4.69) is 38.6 Å². The first-order chi connectivity index (χ1) is 6.99. The molecule has 0 aliphatic rings. The summed E-state index contributed by atoms with van der Waals surface area (Å²) in [6.45, 7) is 3.11. The summed E-state index contributed by atoms with van der Waals surface area (Å²) in [5.74, 6) is -0.404. The Labute approximate surface area is 91.2 Å². The molecule has 0 aliphatic heterocycles. The van der Waals surface area contributed by atoms with Gasteiger partial charge in [0.25, 0.3) is 0 Å². The van der Waals surface area contributed by atoms with E-state index in [1.54, 1.807) is 0 Å². The van der Waals surface area contributed by atoms with Gasteiger partial charge in [-0.3, -0.25) is 0 Å². The fourth-order valence-electron chi connectivity index (χ4n) is 0.464. The molecule has 9 heteroatoms. The van der Waals surface area contributed by atoms with Crippen molar-refractivity contribution < 1.29 is 8.98 Å². The summed E-state index contributed by atoms with van der Waals surface area (Å²) >= 11 is 3.17. The smallest absolute Gasteiger partial charge is 0.341 e. The molecule has 0 radical (unpaired) electrons. The molecule has 0 bridgehead atoms. The second kappa shape index (κ2) is 6.43. The van der Waals surface area contributed by atoms with Gasteiger partial charge < -0.3 is 21.4 Å². The van der Waals surface area contributed by atoms with Crippen LogP contribution in [0.2, 0.25) is 0 Å². The van der Waals surface area contributed by atoms with Crippen molar-refractivity contribution in [2.75, 3.05) is 17.2 Å². The van der Waals surface area contributed by atoms with Crippen LogP contribution in [0, 0.1) is 0 Å². The van der Waals surface area contributed by atoms with Crippen LogP contribution in [0.4, 0.5) is 17.8 Å². The number of carbonyl (C=O) groups excluding carboxylic acids is 1. The van der Waals surface area contributed by atoms with Gasteiger partial charge in [-0.05, 0) is 0 Å². The van der Waals surface area contributed by atoms with Crippen LogP contribution >= 0.6 is 12.9 Å². The van der Waals surface area contributed by atoms with Crippen LogP contribution in [0.25, 0.3) is 0 Å². The van der Waals surface area contributed by atoms with Gasteiger partial charge in [0.05, 0.1) is 0 Å². The Balaban J connectivity index is 0.000000288. The Morgan fingerprint density at radius 2 is 1.53 bits per heavy atom. The lowest BCUT2D eigenvalue weighted by molar-refractivity contribution is -0.127. The van der Waals surface area contributed by atoms with E-state index in [-0.39, 0.29) is 17.8 Å². The number of hydrogen-bond acceptors (Lipinski definition) is 9. The molecule has 0 saturated carbocycles. The third-order valence-corrected chi connectivity index (χ3v) is 1.12.